The lowest BCUT2D eigenvalue weighted by Gasteiger charge is -2.43. The predicted molar refractivity (Wildman–Crippen MR) is 246 cm³/mol. The molecule has 0 spiro atoms. The van der Waals surface area contributed by atoms with Crippen LogP contribution >= 0.6 is 0 Å². The molecule has 28 heteroatoms. The zero-order valence-electron chi connectivity index (χ0n) is 38.0. The van der Waals surface area contributed by atoms with Gasteiger partial charge in [0.25, 0.3) is 37.1 Å². The third kappa shape index (κ3) is 16.6. The molecule has 18 nitrogen and oxygen atoms in total. The molecule has 0 saturated carbocycles. The fourth-order valence-electron chi connectivity index (χ4n) is 7.40. The van der Waals surface area contributed by atoms with E-state index in [-0.39, 0.29) is 13.2 Å². The molecule has 2 heterocycles. The molecule has 1 aromatic carbocycles. The van der Waals surface area contributed by atoms with Gasteiger partial charge >= 0.3 is 63.8 Å². The molecule has 2 saturated heterocycles. The Bertz CT molecular complexity index is 1360. The van der Waals surface area contributed by atoms with Gasteiger partial charge in [0.05, 0.1) is 24.3 Å². The lowest BCUT2D eigenvalue weighted by atomic mass is 10.1. The fraction of sp³-hybridized carbons (Fsp3) is 0.750. The maximum absolute atomic E-state index is 13.0. The number of benzene rings is 1. The molecule has 0 amide bonds. The Kier molecular flexibility index (Phi) is 21.9. The van der Waals surface area contributed by atoms with Crippen LogP contribution in [0.2, 0.25) is 88.6 Å². The molecule has 1 aromatic rings. The van der Waals surface area contributed by atoms with Crippen LogP contribution in [0.15, 0.2) is 24.3 Å². The molecule has 0 aromatic heterocycles. The number of carbonyl (C=O) groups is 2. The van der Waals surface area contributed by atoms with Gasteiger partial charge in [-0.05, 0) is 114 Å². The first-order valence-corrected chi connectivity index (χ1v) is 42.7. The first-order chi connectivity index (χ1) is 28.2. The normalized spacial score (nSPS) is 30.8. The number of hydrogen-bond donors (Lipinski definition) is 0. The average Bonchev–Trinajstić information content (AvgIpc) is 3.18. The minimum atomic E-state index is -2.85. The first-order valence-electron chi connectivity index (χ1n) is 20.3. The van der Waals surface area contributed by atoms with Gasteiger partial charge in [0.1, 0.15) is 0 Å². The van der Waals surface area contributed by atoms with Crippen molar-refractivity contribution in [2.24, 2.45) is 0 Å². The van der Waals surface area contributed by atoms with E-state index in [9.17, 15) is 9.59 Å². The van der Waals surface area contributed by atoms with Crippen LogP contribution in [-0.2, 0) is 69.0 Å². The summed E-state index contributed by atoms with van der Waals surface area (Å²) in [5.74, 6) is -0.991. The monoisotopic (exact) mass is 1020 g/mol. The van der Waals surface area contributed by atoms with Crippen molar-refractivity contribution in [1.82, 2.24) is 0 Å². The van der Waals surface area contributed by atoms with Crippen molar-refractivity contribution in [2.45, 2.75) is 101 Å². The van der Waals surface area contributed by atoms with Gasteiger partial charge in [-0.25, -0.2) is 9.59 Å². The average molecular weight is 1020 g/mol. The van der Waals surface area contributed by atoms with Crippen LogP contribution < -0.4 is 0 Å². The van der Waals surface area contributed by atoms with Gasteiger partial charge in [0.2, 0.25) is 0 Å². The molecule has 0 aliphatic carbocycles. The van der Waals surface area contributed by atoms with Gasteiger partial charge in [0.15, 0.2) is 0 Å². The number of rotatable bonds is 22. The highest BCUT2D eigenvalue weighted by Gasteiger charge is 2.51. The molecule has 0 radical (unpaired) electrons. The van der Waals surface area contributed by atoms with Crippen molar-refractivity contribution in [2.75, 3.05) is 55.9 Å². The van der Waals surface area contributed by atoms with Crippen LogP contribution in [0.5, 0.6) is 0 Å². The summed E-state index contributed by atoms with van der Waals surface area (Å²) < 4.78 is 97.4. The fourth-order valence-corrected chi connectivity index (χ4v) is 49.1. The van der Waals surface area contributed by atoms with Crippen molar-refractivity contribution >= 4 is 101 Å². The van der Waals surface area contributed by atoms with Crippen LogP contribution in [0.25, 0.3) is 0 Å². The Morgan fingerprint density at radius 3 is 1.03 bits per heavy atom. The van der Waals surface area contributed by atoms with Crippen LogP contribution in [0, 0.1) is 0 Å². The van der Waals surface area contributed by atoms with Gasteiger partial charge in [-0.15, -0.1) is 0 Å². The molecule has 0 bridgehead atoms. The Morgan fingerprint density at radius 2 is 0.767 bits per heavy atom. The first kappa shape index (κ1) is 54.1. The molecule has 2 aliphatic heterocycles. The Balaban J connectivity index is 1.51. The molecule has 346 valence electrons. The SMILES string of the molecule is CO[Si](CC[Si]1(C)O[SiH](C)O[SiH](C)O[Si](C)(CCCOC(=O)c2ccc(C(=O)OCCC[Si]3(C)O[SiH](C)O[SiH](C)O[Si](C)(CC[Si](OC)(OC)OC)O3)cc2)O1)(OC)OC. The molecule has 8 atom stereocenters. The van der Waals surface area contributed by atoms with Crippen LogP contribution in [0.1, 0.15) is 33.6 Å². The largest absolute Gasteiger partial charge is 0.500 e. The molecule has 60 heavy (non-hydrogen) atoms. The highest BCUT2D eigenvalue weighted by atomic mass is 28.5. The summed E-state index contributed by atoms with van der Waals surface area (Å²) in [4.78, 5) is 26.0. The second-order valence-corrected chi connectivity index (χ2v) is 44.8. The minimum Gasteiger partial charge on any atom is -0.462 e. The second kappa shape index (κ2) is 24.3. The lowest BCUT2D eigenvalue weighted by Crippen LogP contribution is -2.60. The van der Waals surface area contributed by atoms with E-state index < -0.39 is 101 Å². The van der Waals surface area contributed by atoms with Gasteiger partial charge in [-0.3, -0.25) is 0 Å². The van der Waals surface area contributed by atoms with E-state index >= 15 is 0 Å². The van der Waals surface area contributed by atoms with Gasteiger partial charge < -0.3 is 69.0 Å². The second-order valence-electron chi connectivity index (χ2n) is 15.4. The zero-order valence-corrected chi connectivity index (χ0v) is 48.7. The maximum Gasteiger partial charge on any atom is 0.500 e. The van der Waals surface area contributed by atoms with Crippen molar-refractivity contribution in [3.63, 3.8) is 0 Å². The molecular weight excluding hydrogens is 953 g/mol. The maximum atomic E-state index is 13.0. The van der Waals surface area contributed by atoms with E-state index in [1.165, 1.54) is 0 Å². The Hall–Kier alpha value is -0.231. The summed E-state index contributed by atoms with van der Waals surface area (Å²) >= 11 is 0. The smallest absolute Gasteiger partial charge is 0.462 e. The number of hydrogen-bond acceptors (Lipinski definition) is 18. The highest BCUT2D eigenvalue weighted by molar-refractivity contribution is 6.88. The number of ether oxygens (including phenoxy) is 2. The van der Waals surface area contributed by atoms with Crippen molar-refractivity contribution in [3.8, 4) is 0 Å². The van der Waals surface area contributed by atoms with Gasteiger partial charge in [0, 0.05) is 54.7 Å². The quantitative estimate of drug-likeness (QED) is 0.0906. The minimum absolute atomic E-state index is 0.166. The number of carbonyl (C=O) groups excluding carboxylic acids is 2. The van der Waals surface area contributed by atoms with E-state index in [0.29, 0.717) is 60.2 Å². The highest BCUT2D eigenvalue weighted by Crippen LogP contribution is 2.34. The summed E-state index contributed by atoms with van der Waals surface area (Å²) in [5.41, 5.74) is 0.645. The van der Waals surface area contributed by atoms with Gasteiger partial charge in [-0.2, -0.15) is 0 Å². The Morgan fingerprint density at radius 1 is 0.500 bits per heavy atom. The van der Waals surface area contributed by atoms with E-state index in [4.69, 9.17) is 69.0 Å². The van der Waals surface area contributed by atoms with Crippen molar-refractivity contribution in [3.05, 3.63) is 35.4 Å². The summed E-state index contributed by atoms with van der Waals surface area (Å²) in [6.45, 7) is 16.4. The third-order valence-corrected chi connectivity index (χ3v) is 47.9. The zero-order chi connectivity index (χ0) is 44.8. The van der Waals surface area contributed by atoms with Crippen LogP contribution in [0.3, 0.4) is 0 Å². The summed E-state index contributed by atoms with van der Waals surface area (Å²) in [6, 6.07) is 9.67. The van der Waals surface area contributed by atoms with E-state index in [2.05, 4.69) is 0 Å². The molecule has 2 fully saturated rings. The lowest BCUT2D eigenvalue weighted by molar-refractivity contribution is 0.0488. The van der Waals surface area contributed by atoms with Crippen LogP contribution in [-0.4, -0.2) is 157 Å². The molecule has 2 aliphatic rings. The Labute approximate surface area is 370 Å². The third-order valence-electron chi connectivity index (χ3n) is 10.3. The molecule has 3 rings (SSSR count). The van der Waals surface area contributed by atoms with Crippen molar-refractivity contribution in [1.29, 1.82) is 0 Å². The molecule has 8 unspecified atom stereocenters. The predicted octanol–water partition coefficient (Wildman–Crippen LogP) is 4.39. The topological polar surface area (TPSA) is 182 Å². The standard InChI is InChI=1S/C32H70O18Si10/c1-35-59(36-2,37-3)27-25-57(13)47-53(9)43-51(7)45-55(11,49-57)23-15-21-41-31(33)29-17-19-30(20-18-29)32(34)42-22-16-24-56(12)46-52(8)44-54(10)48-58(14,50-56)26-28-60(38-4,39-5)40-6/h17-20,51-54H,15-16,21-28H2,1-14H3. The van der Waals surface area contributed by atoms with E-state index in [0.717, 1.165) is 0 Å². The number of esters is 2. The molecular formula is C32H70O18Si10. The van der Waals surface area contributed by atoms with E-state index in [1.54, 1.807) is 66.9 Å². The molecule has 0 N–H and O–H groups in total. The van der Waals surface area contributed by atoms with E-state index in [1.807, 2.05) is 52.4 Å². The van der Waals surface area contributed by atoms with Gasteiger partial charge in [-0.1, -0.05) is 0 Å². The summed E-state index contributed by atoms with van der Waals surface area (Å²) in [6.07, 6.45) is 1.06. The van der Waals surface area contributed by atoms with Crippen molar-refractivity contribution < 1.29 is 78.5 Å². The summed E-state index contributed by atoms with van der Waals surface area (Å²) in [7, 11) is -15.3. The summed E-state index contributed by atoms with van der Waals surface area (Å²) in [5, 5.41) is 0. The van der Waals surface area contributed by atoms with Crippen LogP contribution in [0.4, 0.5) is 0 Å².